The molecule has 4 aliphatic rings. The molecule has 5 heterocycles. The summed E-state index contributed by atoms with van der Waals surface area (Å²) in [5, 5.41) is 11.8. The van der Waals surface area contributed by atoms with Crippen molar-refractivity contribution < 1.29 is 35.9 Å². The molecular formula is C37H42F6N8O2S. The molecule has 2 amide bonds. The Morgan fingerprint density at radius 3 is 2.48 bits per heavy atom. The summed E-state index contributed by atoms with van der Waals surface area (Å²) in [4.78, 5) is 25.7. The van der Waals surface area contributed by atoms with Gasteiger partial charge in [-0.25, -0.2) is 18.0 Å². The lowest BCUT2D eigenvalue weighted by Gasteiger charge is -2.23. The Bertz CT molecular complexity index is 2040. The molecule has 2 aromatic carbocycles. The van der Waals surface area contributed by atoms with Crippen molar-refractivity contribution in [2.24, 2.45) is 0 Å². The van der Waals surface area contributed by atoms with Crippen LogP contribution in [0, 0.1) is 23.0 Å². The molecule has 1 aliphatic carbocycles. The van der Waals surface area contributed by atoms with Gasteiger partial charge in [-0.1, -0.05) is 6.07 Å². The molecule has 3 aliphatic heterocycles. The standard InChI is InChI=1S/C21H14F5N5OS.C9H16N2O.C7H12FN/c1-3-29-19-9-6-11(21(24,25)26)14(15(23)16(9)30-20(31-19)32-2)8-4-5-12(22)17-13(8)10(7-27)18(28)33-17;1-10(8-4-5-8)9(12)11-6-2-3-7-11;8-6-4-7-2-1-3-9(7)5-6/h4-6H,3,28H2,1-2H3,(H,29,30,31);8H,2-7H2,1H3;6-7H,1-5H2. The van der Waals surface area contributed by atoms with E-state index < -0.39 is 40.6 Å². The number of nitrogen functional groups attached to an aromatic ring is 1. The fourth-order valence-electron chi connectivity index (χ4n) is 7.37. The minimum atomic E-state index is -5.00. The van der Waals surface area contributed by atoms with Gasteiger partial charge in [-0.3, -0.25) is 4.90 Å². The summed E-state index contributed by atoms with van der Waals surface area (Å²) in [7, 11) is 3.16. The number of urea groups is 1. The first-order valence-corrected chi connectivity index (χ1v) is 18.8. The summed E-state index contributed by atoms with van der Waals surface area (Å²) in [5.41, 5.74) is 2.59. The second-order valence-electron chi connectivity index (χ2n) is 13.8. The third kappa shape index (κ3) is 7.95. The van der Waals surface area contributed by atoms with Crippen LogP contribution in [0.3, 0.4) is 0 Å². The molecule has 4 aromatic rings. The van der Waals surface area contributed by atoms with E-state index in [1.54, 1.807) is 13.0 Å². The molecule has 2 unspecified atom stereocenters. The van der Waals surface area contributed by atoms with Crippen LogP contribution >= 0.6 is 11.3 Å². The second-order valence-corrected chi connectivity index (χ2v) is 14.8. The SMILES string of the molecule is CCNc1nc(OC)nc2c(F)c(-c3ccc(F)c4sc(N)c(C#N)c34)c(C(F)(F)F)cc12.CN(C(=O)N1CCCC1)C1CC1.FC1CC2CCCN2C1. The van der Waals surface area contributed by atoms with Gasteiger partial charge in [0.05, 0.1) is 22.9 Å². The number of nitrogens with zero attached hydrogens (tertiary/aromatic N) is 6. The number of carbonyl (C=O) groups excluding carboxylic acids is 1. The molecule has 10 nitrogen and oxygen atoms in total. The quantitative estimate of drug-likeness (QED) is 0.195. The van der Waals surface area contributed by atoms with Gasteiger partial charge >= 0.3 is 18.2 Å². The molecule has 17 heteroatoms. The summed E-state index contributed by atoms with van der Waals surface area (Å²) in [5.74, 6) is -2.15. The van der Waals surface area contributed by atoms with E-state index in [4.69, 9.17) is 10.5 Å². The number of likely N-dealkylation sites (tertiary alicyclic amines) is 1. The predicted octanol–water partition coefficient (Wildman–Crippen LogP) is 8.19. The average molecular weight is 777 g/mol. The Morgan fingerprint density at radius 1 is 1.15 bits per heavy atom. The molecule has 8 rings (SSSR count). The van der Waals surface area contributed by atoms with E-state index in [9.17, 15) is 32.0 Å². The van der Waals surface area contributed by atoms with Crippen LogP contribution in [-0.4, -0.2) is 95.8 Å². The van der Waals surface area contributed by atoms with Crippen LogP contribution in [0.5, 0.6) is 6.01 Å². The maximum atomic E-state index is 15.9. The van der Waals surface area contributed by atoms with E-state index in [0.29, 0.717) is 30.0 Å². The number of hydrogen-bond donors (Lipinski definition) is 2. The number of anilines is 2. The summed E-state index contributed by atoms with van der Waals surface area (Å²) < 4.78 is 90.2. The van der Waals surface area contributed by atoms with Crippen LogP contribution in [0.1, 0.15) is 63.0 Å². The van der Waals surface area contributed by atoms with Crippen LogP contribution in [-0.2, 0) is 6.18 Å². The number of nitrogens with one attached hydrogen (secondary N) is 1. The Kier molecular flexibility index (Phi) is 11.6. The minimum Gasteiger partial charge on any atom is -0.467 e. The van der Waals surface area contributed by atoms with Gasteiger partial charge < -0.3 is 25.6 Å². The van der Waals surface area contributed by atoms with Crippen molar-refractivity contribution in [3.63, 3.8) is 0 Å². The predicted molar refractivity (Wildman–Crippen MR) is 196 cm³/mol. The molecule has 3 saturated heterocycles. The van der Waals surface area contributed by atoms with E-state index in [0.717, 1.165) is 44.3 Å². The highest BCUT2D eigenvalue weighted by Gasteiger charge is 2.39. The number of thiophene rings is 1. The lowest BCUT2D eigenvalue weighted by atomic mass is 9.92. The topological polar surface area (TPSA) is 124 Å². The molecule has 0 bridgehead atoms. The minimum absolute atomic E-state index is 0.0444. The highest BCUT2D eigenvalue weighted by atomic mass is 32.1. The molecule has 54 heavy (non-hydrogen) atoms. The van der Waals surface area contributed by atoms with Crippen LogP contribution in [0.25, 0.3) is 32.1 Å². The number of carbonyl (C=O) groups is 1. The first-order valence-electron chi connectivity index (χ1n) is 18.0. The number of methoxy groups -OCH3 is 1. The van der Waals surface area contributed by atoms with Crippen molar-refractivity contribution in [1.82, 2.24) is 24.7 Å². The largest absolute Gasteiger partial charge is 0.467 e. The summed E-state index contributed by atoms with van der Waals surface area (Å²) in [6.07, 6.45) is 2.59. The highest BCUT2D eigenvalue weighted by Crippen LogP contribution is 2.47. The molecule has 0 spiro atoms. The third-order valence-electron chi connectivity index (χ3n) is 10.2. The monoisotopic (exact) mass is 776 g/mol. The molecule has 2 aromatic heterocycles. The van der Waals surface area contributed by atoms with E-state index in [1.165, 1.54) is 45.6 Å². The summed E-state index contributed by atoms with van der Waals surface area (Å²) >= 11 is 0.698. The second kappa shape index (κ2) is 16.0. The van der Waals surface area contributed by atoms with Crippen molar-refractivity contribution >= 4 is 49.2 Å². The van der Waals surface area contributed by atoms with E-state index in [-0.39, 0.29) is 56.0 Å². The number of nitrogens with two attached hydrogens (primary N) is 1. The number of benzene rings is 2. The van der Waals surface area contributed by atoms with Crippen LogP contribution in [0.15, 0.2) is 18.2 Å². The van der Waals surface area contributed by atoms with Gasteiger partial charge in [-0.15, -0.1) is 11.3 Å². The van der Waals surface area contributed by atoms with Gasteiger partial charge in [0.1, 0.15) is 34.4 Å². The number of amides is 2. The maximum absolute atomic E-state index is 15.9. The molecule has 290 valence electrons. The number of ether oxygens (including phenoxy) is 1. The van der Waals surface area contributed by atoms with Crippen LogP contribution in [0.2, 0.25) is 0 Å². The Balaban J connectivity index is 0.000000189. The number of alkyl halides is 4. The molecule has 2 atom stereocenters. The first kappa shape index (κ1) is 39.1. The fraction of sp³-hybridized carbons (Fsp3) is 0.514. The summed E-state index contributed by atoms with van der Waals surface area (Å²) in [6.45, 7) is 5.77. The lowest BCUT2D eigenvalue weighted by Crippen LogP contribution is -2.40. The number of nitriles is 1. The van der Waals surface area contributed by atoms with Gasteiger partial charge in [-0.2, -0.15) is 28.4 Å². The average Bonchev–Trinajstić information content (AvgIpc) is 3.41. The van der Waals surface area contributed by atoms with Crippen molar-refractivity contribution in [2.45, 2.75) is 76.3 Å². The van der Waals surface area contributed by atoms with Gasteiger partial charge in [0.2, 0.25) is 0 Å². The van der Waals surface area contributed by atoms with E-state index in [2.05, 4.69) is 20.2 Å². The molecule has 1 saturated carbocycles. The summed E-state index contributed by atoms with van der Waals surface area (Å²) in [6, 6.07) is 5.55. The zero-order chi connectivity index (χ0) is 38.9. The fourth-order valence-corrected chi connectivity index (χ4v) is 8.32. The zero-order valence-electron chi connectivity index (χ0n) is 30.2. The van der Waals surface area contributed by atoms with E-state index in [1.807, 2.05) is 16.8 Å². The normalized spacial score (nSPS) is 19.5. The smallest absolute Gasteiger partial charge is 0.417 e. The third-order valence-corrected chi connectivity index (χ3v) is 11.2. The van der Waals surface area contributed by atoms with Gasteiger partial charge in [0.15, 0.2) is 5.82 Å². The first-order chi connectivity index (χ1) is 25.8. The van der Waals surface area contributed by atoms with Crippen LogP contribution < -0.4 is 15.8 Å². The van der Waals surface area contributed by atoms with Gasteiger partial charge in [-0.05, 0) is 76.1 Å². The number of rotatable bonds is 5. The Hall–Kier alpha value is -4.56. The Morgan fingerprint density at radius 2 is 1.87 bits per heavy atom. The number of halogens is 6. The van der Waals surface area contributed by atoms with E-state index >= 15 is 4.39 Å². The van der Waals surface area contributed by atoms with Crippen LogP contribution in [0.4, 0.5) is 42.0 Å². The highest BCUT2D eigenvalue weighted by molar-refractivity contribution is 7.23. The number of fused-ring (bicyclic) bond motifs is 3. The maximum Gasteiger partial charge on any atom is 0.417 e. The molecule has 3 N–H and O–H groups in total. The molecular weight excluding hydrogens is 735 g/mol. The lowest BCUT2D eigenvalue weighted by molar-refractivity contribution is -0.137. The number of aromatic nitrogens is 2. The zero-order valence-corrected chi connectivity index (χ0v) is 31.0. The molecule has 4 fully saturated rings. The van der Waals surface area contributed by atoms with Crippen molar-refractivity contribution in [3.8, 4) is 23.2 Å². The van der Waals surface area contributed by atoms with Gasteiger partial charge in [0.25, 0.3) is 0 Å². The van der Waals surface area contributed by atoms with Gasteiger partial charge in [0, 0.05) is 61.6 Å². The van der Waals surface area contributed by atoms with Crippen molar-refractivity contribution in [1.29, 1.82) is 5.26 Å². The molecule has 0 radical (unpaired) electrons. The van der Waals surface area contributed by atoms with Crippen molar-refractivity contribution in [3.05, 3.63) is 41.0 Å². The Labute approximate surface area is 312 Å². The van der Waals surface area contributed by atoms with Crippen molar-refractivity contribution in [2.75, 3.05) is 57.9 Å². The number of hydrogen-bond acceptors (Lipinski definition) is 9.